The Balaban J connectivity index is 2.45. The summed E-state index contributed by atoms with van der Waals surface area (Å²) in [6.07, 6.45) is 0.429. The third kappa shape index (κ3) is 2.68. The van der Waals surface area contributed by atoms with Crippen LogP contribution in [0.3, 0.4) is 0 Å². The van der Waals surface area contributed by atoms with Crippen LogP contribution in [0.15, 0.2) is 0 Å². The van der Waals surface area contributed by atoms with E-state index in [1.165, 1.54) is 0 Å². The summed E-state index contributed by atoms with van der Waals surface area (Å²) >= 11 is 0. The van der Waals surface area contributed by atoms with E-state index in [9.17, 15) is 0 Å². The Kier molecular flexibility index (Phi) is 3.74. The highest BCUT2D eigenvalue weighted by atomic mass is 16.5. The predicted octanol–water partition coefficient (Wildman–Crippen LogP) is 2.35. The molecule has 13 heavy (non-hydrogen) atoms. The van der Waals surface area contributed by atoms with Crippen molar-refractivity contribution >= 4 is 0 Å². The van der Waals surface area contributed by atoms with Gasteiger partial charge in [0.15, 0.2) is 0 Å². The fourth-order valence-corrected chi connectivity index (χ4v) is 2.08. The highest BCUT2D eigenvalue weighted by Gasteiger charge is 2.33. The van der Waals surface area contributed by atoms with Gasteiger partial charge in [-0.2, -0.15) is 0 Å². The first kappa shape index (κ1) is 11.0. The summed E-state index contributed by atoms with van der Waals surface area (Å²) in [5.41, 5.74) is 0. The van der Waals surface area contributed by atoms with Crippen molar-refractivity contribution in [1.29, 1.82) is 0 Å². The highest BCUT2D eigenvalue weighted by Crippen LogP contribution is 2.23. The Bertz CT molecular complexity index is 156. The molecule has 2 nitrogen and oxygen atoms in total. The highest BCUT2D eigenvalue weighted by molar-refractivity contribution is 4.82. The third-order valence-corrected chi connectivity index (χ3v) is 2.74. The van der Waals surface area contributed by atoms with Crippen LogP contribution in [0.1, 0.15) is 34.6 Å². The standard InChI is InChI=1S/C11H23NO/c1-8(2)6-12-7-13-11(9(3)4)10(12)5/h8-11H,6-7H2,1-5H3/t10?,11-/m0/s1. The number of hydrogen-bond donors (Lipinski definition) is 0. The number of ether oxygens (including phenoxy) is 1. The molecule has 1 aliphatic rings. The molecule has 1 saturated heterocycles. The molecule has 1 rings (SSSR count). The van der Waals surface area contributed by atoms with Crippen LogP contribution in [0.4, 0.5) is 0 Å². The molecule has 0 aromatic rings. The molecule has 2 heteroatoms. The zero-order chi connectivity index (χ0) is 10.0. The van der Waals surface area contributed by atoms with E-state index >= 15 is 0 Å². The number of rotatable bonds is 3. The van der Waals surface area contributed by atoms with Crippen molar-refractivity contribution in [2.45, 2.75) is 46.8 Å². The van der Waals surface area contributed by atoms with Crippen LogP contribution in [0.2, 0.25) is 0 Å². The molecule has 0 spiro atoms. The van der Waals surface area contributed by atoms with E-state index in [0.29, 0.717) is 18.1 Å². The first-order valence-electron chi connectivity index (χ1n) is 5.38. The van der Waals surface area contributed by atoms with Crippen LogP contribution in [-0.2, 0) is 4.74 Å². The minimum Gasteiger partial charge on any atom is -0.361 e. The molecule has 0 aliphatic carbocycles. The van der Waals surface area contributed by atoms with Crippen molar-refractivity contribution < 1.29 is 4.74 Å². The Hall–Kier alpha value is -0.0800. The lowest BCUT2D eigenvalue weighted by Gasteiger charge is -2.25. The second kappa shape index (κ2) is 4.43. The van der Waals surface area contributed by atoms with Crippen LogP contribution in [0, 0.1) is 11.8 Å². The van der Waals surface area contributed by atoms with Crippen molar-refractivity contribution in [2.24, 2.45) is 11.8 Å². The minimum atomic E-state index is 0.429. The maximum atomic E-state index is 5.77. The SMILES string of the molecule is CC(C)CN1CO[C@@H](C(C)C)C1C. The molecular formula is C11H23NO. The van der Waals surface area contributed by atoms with Gasteiger partial charge in [0.25, 0.3) is 0 Å². The van der Waals surface area contributed by atoms with Gasteiger partial charge in [-0.1, -0.05) is 27.7 Å². The van der Waals surface area contributed by atoms with E-state index in [1.54, 1.807) is 0 Å². The van der Waals surface area contributed by atoms with Crippen molar-refractivity contribution in [2.75, 3.05) is 13.3 Å². The van der Waals surface area contributed by atoms with E-state index in [2.05, 4.69) is 39.5 Å². The molecule has 0 N–H and O–H groups in total. The molecule has 2 atom stereocenters. The maximum Gasteiger partial charge on any atom is 0.0998 e. The molecule has 1 heterocycles. The Labute approximate surface area is 82.3 Å². The molecule has 0 amide bonds. The smallest absolute Gasteiger partial charge is 0.0998 e. The third-order valence-electron chi connectivity index (χ3n) is 2.74. The van der Waals surface area contributed by atoms with Crippen LogP contribution < -0.4 is 0 Å². The number of nitrogens with zero attached hydrogens (tertiary/aromatic N) is 1. The lowest BCUT2D eigenvalue weighted by atomic mass is 10.0. The van der Waals surface area contributed by atoms with E-state index in [0.717, 1.165) is 19.2 Å². The summed E-state index contributed by atoms with van der Waals surface area (Å²) in [6, 6.07) is 0.586. The lowest BCUT2D eigenvalue weighted by molar-refractivity contribution is 0.0601. The Morgan fingerprint density at radius 2 is 1.92 bits per heavy atom. The van der Waals surface area contributed by atoms with Crippen molar-refractivity contribution in [3.05, 3.63) is 0 Å². The molecule has 0 saturated carbocycles. The fourth-order valence-electron chi connectivity index (χ4n) is 2.08. The average Bonchev–Trinajstić information content (AvgIpc) is 2.32. The summed E-state index contributed by atoms with van der Waals surface area (Å²) < 4.78 is 5.77. The zero-order valence-corrected chi connectivity index (χ0v) is 9.58. The van der Waals surface area contributed by atoms with Crippen LogP contribution in [0.25, 0.3) is 0 Å². The molecule has 0 aromatic heterocycles. The molecule has 1 fully saturated rings. The van der Waals surface area contributed by atoms with Gasteiger partial charge in [-0.3, -0.25) is 4.90 Å². The van der Waals surface area contributed by atoms with Gasteiger partial charge in [0.1, 0.15) is 0 Å². The molecule has 0 radical (unpaired) electrons. The van der Waals surface area contributed by atoms with Crippen LogP contribution in [-0.4, -0.2) is 30.3 Å². The second-order valence-electron chi connectivity index (χ2n) is 4.91. The summed E-state index contributed by atoms with van der Waals surface area (Å²) in [4.78, 5) is 2.44. The first-order chi connectivity index (χ1) is 6.02. The van der Waals surface area contributed by atoms with Gasteiger partial charge < -0.3 is 4.74 Å². The van der Waals surface area contributed by atoms with Gasteiger partial charge >= 0.3 is 0 Å². The van der Waals surface area contributed by atoms with Gasteiger partial charge in [0.2, 0.25) is 0 Å². The van der Waals surface area contributed by atoms with Crippen molar-refractivity contribution in [3.8, 4) is 0 Å². The lowest BCUT2D eigenvalue weighted by Crippen LogP contribution is -2.36. The fraction of sp³-hybridized carbons (Fsp3) is 1.00. The van der Waals surface area contributed by atoms with Crippen LogP contribution in [0.5, 0.6) is 0 Å². The minimum absolute atomic E-state index is 0.429. The summed E-state index contributed by atoms with van der Waals surface area (Å²) in [7, 11) is 0. The molecule has 1 aliphatic heterocycles. The quantitative estimate of drug-likeness (QED) is 0.669. The predicted molar refractivity (Wildman–Crippen MR) is 55.6 cm³/mol. The Morgan fingerprint density at radius 1 is 1.31 bits per heavy atom. The van der Waals surface area contributed by atoms with Gasteiger partial charge in [0, 0.05) is 12.6 Å². The molecule has 1 unspecified atom stereocenters. The van der Waals surface area contributed by atoms with Gasteiger partial charge in [-0.15, -0.1) is 0 Å². The van der Waals surface area contributed by atoms with E-state index < -0.39 is 0 Å². The van der Waals surface area contributed by atoms with E-state index in [4.69, 9.17) is 4.74 Å². The normalized spacial score (nSPS) is 30.7. The Morgan fingerprint density at radius 3 is 2.31 bits per heavy atom. The topological polar surface area (TPSA) is 12.5 Å². The van der Waals surface area contributed by atoms with Crippen LogP contribution >= 0.6 is 0 Å². The van der Waals surface area contributed by atoms with Gasteiger partial charge in [-0.25, -0.2) is 0 Å². The van der Waals surface area contributed by atoms with Gasteiger partial charge in [0.05, 0.1) is 12.8 Å². The largest absolute Gasteiger partial charge is 0.361 e. The zero-order valence-electron chi connectivity index (χ0n) is 9.58. The van der Waals surface area contributed by atoms with Gasteiger partial charge in [-0.05, 0) is 18.8 Å². The summed E-state index contributed by atoms with van der Waals surface area (Å²) in [6.45, 7) is 13.2. The monoisotopic (exact) mass is 185 g/mol. The van der Waals surface area contributed by atoms with E-state index in [1.807, 2.05) is 0 Å². The first-order valence-corrected chi connectivity index (χ1v) is 5.38. The second-order valence-corrected chi connectivity index (χ2v) is 4.91. The molecular weight excluding hydrogens is 162 g/mol. The summed E-state index contributed by atoms with van der Waals surface area (Å²) in [5, 5.41) is 0. The van der Waals surface area contributed by atoms with Crippen molar-refractivity contribution in [1.82, 2.24) is 4.90 Å². The summed E-state index contributed by atoms with van der Waals surface area (Å²) in [5.74, 6) is 1.36. The van der Waals surface area contributed by atoms with Crippen molar-refractivity contribution in [3.63, 3.8) is 0 Å². The average molecular weight is 185 g/mol. The molecule has 78 valence electrons. The number of hydrogen-bond acceptors (Lipinski definition) is 2. The van der Waals surface area contributed by atoms with E-state index in [-0.39, 0.29) is 0 Å². The maximum absolute atomic E-state index is 5.77. The molecule has 0 aromatic carbocycles. The molecule has 0 bridgehead atoms.